The number of pyridine rings is 2. The van der Waals surface area contributed by atoms with Crippen LogP contribution in [-0.2, 0) is 0 Å². The molecule has 0 aromatic carbocycles. The molecule has 0 saturated carbocycles. The van der Waals surface area contributed by atoms with Gasteiger partial charge in [0.25, 0.3) is 5.56 Å². The molecule has 0 atom stereocenters. The summed E-state index contributed by atoms with van der Waals surface area (Å²) >= 11 is 0. The molecule has 0 unspecified atom stereocenters. The molecule has 3 aromatic heterocycles. The second-order valence-electron chi connectivity index (χ2n) is 5.19. The Kier molecular flexibility index (Phi) is 3.17. The quantitative estimate of drug-likeness (QED) is 0.784. The standard InChI is InChI=1S/C16H15N3O2/c1-10(2)13-9-18-15-14(20)12(5-7-19(15)16(13)21)11-4-3-6-17-8-11/h3-10,20H,1-2H3. The maximum atomic E-state index is 12.4. The van der Waals surface area contributed by atoms with E-state index in [0.29, 0.717) is 11.1 Å². The largest absolute Gasteiger partial charge is 0.504 e. The van der Waals surface area contributed by atoms with Crippen LogP contribution in [0.5, 0.6) is 5.75 Å². The van der Waals surface area contributed by atoms with Crippen molar-refractivity contribution in [2.75, 3.05) is 0 Å². The first-order valence-corrected chi connectivity index (χ1v) is 6.73. The molecule has 5 nitrogen and oxygen atoms in total. The number of nitrogens with zero attached hydrogens (tertiary/aromatic N) is 3. The van der Waals surface area contributed by atoms with Crippen LogP contribution in [0.1, 0.15) is 25.3 Å². The predicted octanol–water partition coefficient (Wildman–Crippen LogP) is 2.59. The Balaban J connectivity index is 2.28. The van der Waals surface area contributed by atoms with E-state index < -0.39 is 0 Å². The summed E-state index contributed by atoms with van der Waals surface area (Å²) in [6.45, 7) is 3.88. The highest BCUT2D eigenvalue weighted by Gasteiger charge is 2.14. The Hall–Kier alpha value is -2.69. The van der Waals surface area contributed by atoms with Crippen molar-refractivity contribution in [2.24, 2.45) is 0 Å². The van der Waals surface area contributed by atoms with E-state index in [2.05, 4.69) is 9.97 Å². The van der Waals surface area contributed by atoms with Crippen molar-refractivity contribution < 1.29 is 5.11 Å². The highest BCUT2D eigenvalue weighted by atomic mass is 16.3. The van der Waals surface area contributed by atoms with Crippen LogP contribution in [0.15, 0.2) is 47.8 Å². The van der Waals surface area contributed by atoms with Gasteiger partial charge < -0.3 is 5.11 Å². The molecule has 0 aliphatic heterocycles. The van der Waals surface area contributed by atoms with Gasteiger partial charge in [-0.25, -0.2) is 4.98 Å². The van der Waals surface area contributed by atoms with Crippen molar-refractivity contribution in [2.45, 2.75) is 19.8 Å². The van der Waals surface area contributed by atoms with Gasteiger partial charge in [0, 0.05) is 41.5 Å². The van der Waals surface area contributed by atoms with Crippen molar-refractivity contribution in [3.63, 3.8) is 0 Å². The maximum Gasteiger partial charge on any atom is 0.261 e. The van der Waals surface area contributed by atoms with Gasteiger partial charge in [0.2, 0.25) is 0 Å². The predicted molar refractivity (Wildman–Crippen MR) is 80.4 cm³/mol. The summed E-state index contributed by atoms with van der Waals surface area (Å²) in [5, 5.41) is 10.4. The summed E-state index contributed by atoms with van der Waals surface area (Å²) in [5.41, 5.74) is 2.11. The van der Waals surface area contributed by atoms with Gasteiger partial charge in [0.1, 0.15) is 0 Å². The fourth-order valence-electron chi connectivity index (χ4n) is 2.30. The Morgan fingerprint density at radius 1 is 1.24 bits per heavy atom. The molecule has 3 heterocycles. The van der Waals surface area contributed by atoms with Crippen molar-refractivity contribution in [3.8, 4) is 16.9 Å². The third-order valence-corrected chi connectivity index (χ3v) is 3.47. The number of hydrogen-bond donors (Lipinski definition) is 1. The lowest BCUT2D eigenvalue weighted by Crippen LogP contribution is -2.20. The van der Waals surface area contributed by atoms with Crippen LogP contribution in [0.25, 0.3) is 16.8 Å². The zero-order valence-corrected chi connectivity index (χ0v) is 11.8. The number of rotatable bonds is 2. The van der Waals surface area contributed by atoms with Crippen LogP contribution in [0.2, 0.25) is 0 Å². The third kappa shape index (κ3) is 2.16. The second kappa shape index (κ2) is 5.01. The van der Waals surface area contributed by atoms with Gasteiger partial charge in [0.15, 0.2) is 11.4 Å². The fourth-order valence-corrected chi connectivity index (χ4v) is 2.30. The summed E-state index contributed by atoms with van der Waals surface area (Å²) in [5.74, 6) is 0.0694. The van der Waals surface area contributed by atoms with E-state index >= 15 is 0 Å². The smallest absolute Gasteiger partial charge is 0.261 e. The molecule has 0 spiro atoms. The lowest BCUT2D eigenvalue weighted by molar-refractivity contribution is 0.478. The molecule has 1 N–H and O–H groups in total. The van der Waals surface area contributed by atoms with Crippen LogP contribution in [-0.4, -0.2) is 19.5 Å². The molecule has 0 saturated heterocycles. The Labute approximate surface area is 121 Å². The normalized spacial score (nSPS) is 11.2. The molecule has 5 heteroatoms. The molecule has 0 radical (unpaired) electrons. The van der Waals surface area contributed by atoms with E-state index in [1.54, 1.807) is 30.7 Å². The summed E-state index contributed by atoms with van der Waals surface area (Å²) < 4.78 is 1.38. The van der Waals surface area contributed by atoms with Gasteiger partial charge in [-0.05, 0) is 18.1 Å². The molecule has 0 fully saturated rings. The molecule has 3 aromatic rings. The zero-order valence-electron chi connectivity index (χ0n) is 11.8. The second-order valence-corrected chi connectivity index (χ2v) is 5.19. The lowest BCUT2D eigenvalue weighted by Gasteiger charge is -2.10. The topological polar surface area (TPSA) is 67.5 Å². The summed E-state index contributed by atoms with van der Waals surface area (Å²) in [4.78, 5) is 20.6. The fraction of sp³-hybridized carbons (Fsp3) is 0.188. The average Bonchev–Trinajstić information content (AvgIpc) is 2.49. The highest BCUT2D eigenvalue weighted by molar-refractivity contribution is 5.76. The molecule has 0 aliphatic carbocycles. The summed E-state index contributed by atoms with van der Waals surface area (Å²) in [7, 11) is 0. The molecule has 21 heavy (non-hydrogen) atoms. The van der Waals surface area contributed by atoms with E-state index in [-0.39, 0.29) is 22.9 Å². The van der Waals surface area contributed by atoms with Crippen LogP contribution in [0.3, 0.4) is 0 Å². The van der Waals surface area contributed by atoms with Crippen LogP contribution in [0.4, 0.5) is 0 Å². The molecule has 0 aliphatic rings. The molecular formula is C16H15N3O2. The first-order valence-electron chi connectivity index (χ1n) is 6.73. The van der Waals surface area contributed by atoms with Crippen molar-refractivity contribution >= 4 is 5.65 Å². The number of aromatic hydroxyl groups is 1. The van der Waals surface area contributed by atoms with E-state index in [1.165, 1.54) is 10.6 Å². The summed E-state index contributed by atoms with van der Waals surface area (Å²) in [6, 6.07) is 5.34. The van der Waals surface area contributed by atoms with E-state index in [0.717, 1.165) is 5.56 Å². The Morgan fingerprint density at radius 3 is 2.71 bits per heavy atom. The van der Waals surface area contributed by atoms with E-state index in [9.17, 15) is 9.90 Å². The van der Waals surface area contributed by atoms with E-state index in [4.69, 9.17) is 0 Å². The maximum absolute atomic E-state index is 12.4. The van der Waals surface area contributed by atoms with Gasteiger partial charge in [-0.1, -0.05) is 19.9 Å². The lowest BCUT2D eigenvalue weighted by atomic mass is 10.1. The van der Waals surface area contributed by atoms with Crippen LogP contribution < -0.4 is 5.56 Å². The molecule has 106 valence electrons. The third-order valence-electron chi connectivity index (χ3n) is 3.47. The first-order chi connectivity index (χ1) is 10.1. The number of fused-ring (bicyclic) bond motifs is 1. The SMILES string of the molecule is CC(C)c1cnc2c(O)c(-c3cccnc3)ccn2c1=O. The molecule has 0 bridgehead atoms. The zero-order chi connectivity index (χ0) is 15.0. The van der Waals surface area contributed by atoms with Gasteiger partial charge in [-0.2, -0.15) is 0 Å². The van der Waals surface area contributed by atoms with Crippen molar-refractivity contribution in [3.05, 3.63) is 58.9 Å². The van der Waals surface area contributed by atoms with Crippen molar-refractivity contribution in [1.82, 2.24) is 14.4 Å². The summed E-state index contributed by atoms with van der Waals surface area (Å²) in [6.07, 6.45) is 6.50. The minimum absolute atomic E-state index is 0.0158. The number of hydrogen-bond acceptors (Lipinski definition) is 4. The van der Waals surface area contributed by atoms with Crippen LogP contribution >= 0.6 is 0 Å². The average molecular weight is 281 g/mol. The molecule has 3 rings (SSSR count). The minimum atomic E-state index is -0.150. The Bertz CT molecular complexity index is 855. The first kappa shape index (κ1) is 13.3. The van der Waals surface area contributed by atoms with Crippen LogP contribution in [0, 0.1) is 0 Å². The number of aromatic nitrogens is 3. The van der Waals surface area contributed by atoms with Gasteiger partial charge in [-0.3, -0.25) is 14.2 Å². The highest BCUT2D eigenvalue weighted by Crippen LogP contribution is 2.30. The Morgan fingerprint density at radius 2 is 2.05 bits per heavy atom. The van der Waals surface area contributed by atoms with Gasteiger partial charge >= 0.3 is 0 Å². The van der Waals surface area contributed by atoms with Gasteiger partial charge in [0.05, 0.1) is 0 Å². The molecular weight excluding hydrogens is 266 g/mol. The van der Waals surface area contributed by atoms with Crippen molar-refractivity contribution in [1.29, 1.82) is 0 Å². The van der Waals surface area contributed by atoms with E-state index in [1.807, 2.05) is 19.9 Å². The minimum Gasteiger partial charge on any atom is -0.504 e. The monoisotopic (exact) mass is 281 g/mol. The molecule has 0 amide bonds. The van der Waals surface area contributed by atoms with Gasteiger partial charge in [-0.15, -0.1) is 0 Å².